The number of nitrogens with zero attached hydrogens (tertiary/aromatic N) is 2. The highest BCUT2D eigenvalue weighted by Gasteiger charge is 2.12. The van der Waals surface area contributed by atoms with Crippen molar-refractivity contribution < 1.29 is 9.53 Å². The van der Waals surface area contributed by atoms with Gasteiger partial charge >= 0.3 is 0 Å². The number of aromatic nitrogens is 2. The maximum atomic E-state index is 11.9. The summed E-state index contributed by atoms with van der Waals surface area (Å²) in [5.74, 6) is 0.479. The second-order valence-electron chi connectivity index (χ2n) is 4.80. The van der Waals surface area contributed by atoms with Gasteiger partial charge < -0.3 is 4.74 Å². The summed E-state index contributed by atoms with van der Waals surface area (Å²) in [4.78, 5) is 23.4. The molecular formula is C16H18N2O3. The number of ether oxygens (including phenoxy) is 1. The first-order valence-electron chi connectivity index (χ1n) is 6.85. The normalized spacial score (nSPS) is 10.4. The molecule has 0 radical (unpaired) electrons. The van der Waals surface area contributed by atoms with E-state index in [0.29, 0.717) is 12.3 Å². The topological polar surface area (TPSA) is 61.2 Å². The van der Waals surface area contributed by atoms with Gasteiger partial charge in [0.05, 0.1) is 17.9 Å². The van der Waals surface area contributed by atoms with Crippen molar-refractivity contribution >= 4 is 5.78 Å². The zero-order valence-corrected chi connectivity index (χ0v) is 12.4. The van der Waals surface area contributed by atoms with Crippen LogP contribution < -0.4 is 10.3 Å². The van der Waals surface area contributed by atoms with Gasteiger partial charge in [-0.2, -0.15) is 5.10 Å². The van der Waals surface area contributed by atoms with Crippen LogP contribution in [0.3, 0.4) is 0 Å². The largest absolute Gasteiger partial charge is 0.494 e. The summed E-state index contributed by atoms with van der Waals surface area (Å²) in [6, 6.07) is 8.99. The number of carbonyl (C=O) groups is 1. The van der Waals surface area contributed by atoms with Crippen LogP contribution in [0.5, 0.6) is 5.75 Å². The average molecular weight is 286 g/mol. The van der Waals surface area contributed by atoms with Gasteiger partial charge in [0.1, 0.15) is 5.75 Å². The third kappa shape index (κ3) is 3.37. The van der Waals surface area contributed by atoms with Gasteiger partial charge in [-0.25, -0.2) is 4.68 Å². The summed E-state index contributed by atoms with van der Waals surface area (Å²) < 4.78 is 6.77. The van der Waals surface area contributed by atoms with E-state index in [4.69, 9.17) is 4.74 Å². The van der Waals surface area contributed by atoms with E-state index in [-0.39, 0.29) is 16.9 Å². The molecule has 5 heteroatoms. The zero-order valence-electron chi connectivity index (χ0n) is 12.4. The SMILES string of the molecule is CCCOc1cccc(-c2cc(C(C)=O)c(=O)n(C)n2)c1. The standard InChI is InChI=1S/C16H18N2O3/c1-4-8-21-13-7-5-6-12(9-13)15-10-14(11(2)19)16(20)18(3)17-15/h5-7,9-10H,4,8H2,1-3H3. The lowest BCUT2D eigenvalue weighted by atomic mass is 10.1. The molecule has 2 rings (SSSR count). The predicted octanol–water partition coefficient (Wildman–Crippen LogP) is 2.44. The van der Waals surface area contributed by atoms with Gasteiger partial charge in [0, 0.05) is 12.6 Å². The molecule has 0 unspecified atom stereocenters. The molecule has 0 spiro atoms. The Morgan fingerprint density at radius 3 is 2.76 bits per heavy atom. The van der Waals surface area contributed by atoms with Gasteiger partial charge in [-0.15, -0.1) is 0 Å². The van der Waals surface area contributed by atoms with Crippen LogP contribution in [0.2, 0.25) is 0 Å². The maximum absolute atomic E-state index is 11.9. The molecule has 1 heterocycles. The molecule has 0 N–H and O–H groups in total. The Hall–Kier alpha value is -2.43. The van der Waals surface area contributed by atoms with Crippen molar-refractivity contribution in [1.29, 1.82) is 0 Å². The van der Waals surface area contributed by atoms with E-state index in [1.165, 1.54) is 24.7 Å². The van der Waals surface area contributed by atoms with Crippen LogP contribution in [0.1, 0.15) is 30.6 Å². The van der Waals surface area contributed by atoms with Crippen LogP contribution in [-0.2, 0) is 7.05 Å². The highest BCUT2D eigenvalue weighted by molar-refractivity contribution is 5.94. The van der Waals surface area contributed by atoms with Crippen LogP contribution in [-0.4, -0.2) is 22.2 Å². The Morgan fingerprint density at radius 1 is 1.33 bits per heavy atom. The molecule has 0 aliphatic rings. The van der Waals surface area contributed by atoms with E-state index in [9.17, 15) is 9.59 Å². The van der Waals surface area contributed by atoms with Crippen molar-refractivity contribution in [2.45, 2.75) is 20.3 Å². The average Bonchev–Trinajstić information content (AvgIpc) is 2.47. The lowest BCUT2D eigenvalue weighted by molar-refractivity contribution is 0.101. The van der Waals surface area contributed by atoms with E-state index in [1.807, 2.05) is 31.2 Å². The lowest BCUT2D eigenvalue weighted by Gasteiger charge is -2.08. The van der Waals surface area contributed by atoms with Crippen molar-refractivity contribution in [3.63, 3.8) is 0 Å². The Balaban J connectivity index is 2.47. The van der Waals surface area contributed by atoms with Gasteiger partial charge in [-0.3, -0.25) is 9.59 Å². The van der Waals surface area contributed by atoms with Crippen molar-refractivity contribution in [2.75, 3.05) is 6.61 Å². The van der Waals surface area contributed by atoms with Gasteiger partial charge in [0.2, 0.25) is 0 Å². The molecule has 0 fully saturated rings. The smallest absolute Gasteiger partial charge is 0.277 e. The molecule has 110 valence electrons. The van der Waals surface area contributed by atoms with Crippen LogP contribution in [0, 0.1) is 0 Å². The minimum Gasteiger partial charge on any atom is -0.494 e. The van der Waals surface area contributed by atoms with Crippen LogP contribution in [0.25, 0.3) is 11.3 Å². The molecular weight excluding hydrogens is 268 g/mol. The zero-order chi connectivity index (χ0) is 15.4. The number of rotatable bonds is 5. The highest BCUT2D eigenvalue weighted by Crippen LogP contribution is 2.22. The fourth-order valence-corrected chi connectivity index (χ4v) is 1.97. The monoisotopic (exact) mass is 286 g/mol. The van der Waals surface area contributed by atoms with Gasteiger partial charge in [0.25, 0.3) is 5.56 Å². The van der Waals surface area contributed by atoms with Crippen molar-refractivity contribution in [2.24, 2.45) is 7.05 Å². The third-order valence-corrected chi connectivity index (χ3v) is 3.05. The molecule has 0 amide bonds. The first-order valence-corrected chi connectivity index (χ1v) is 6.85. The maximum Gasteiger partial charge on any atom is 0.277 e. The van der Waals surface area contributed by atoms with Crippen LogP contribution >= 0.6 is 0 Å². The summed E-state index contributed by atoms with van der Waals surface area (Å²) in [5.41, 5.74) is 1.14. The first-order chi connectivity index (χ1) is 10.0. The molecule has 0 saturated carbocycles. The minimum absolute atomic E-state index is 0.141. The van der Waals surface area contributed by atoms with E-state index >= 15 is 0 Å². The molecule has 21 heavy (non-hydrogen) atoms. The molecule has 2 aromatic rings. The fraction of sp³-hybridized carbons (Fsp3) is 0.312. The Bertz CT molecular complexity index is 720. The number of Topliss-reactive ketones (excluding diaryl/α,β-unsaturated/α-hetero) is 1. The van der Waals surface area contributed by atoms with E-state index < -0.39 is 0 Å². The molecule has 0 saturated heterocycles. The number of hydrogen-bond acceptors (Lipinski definition) is 4. The van der Waals surface area contributed by atoms with E-state index in [1.54, 1.807) is 0 Å². The van der Waals surface area contributed by atoms with Crippen molar-refractivity contribution in [1.82, 2.24) is 9.78 Å². The van der Waals surface area contributed by atoms with Gasteiger partial charge in [0.15, 0.2) is 5.78 Å². The Morgan fingerprint density at radius 2 is 2.10 bits per heavy atom. The summed E-state index contributed by atoms with van der Waals surface area (Å²) in [6.45, 7) is 4.06. The van der Waals surface area contributed by atoms with Crippen molar-refractivity contribution in [3.8, 4) is 17.0 Å². The fourth-order valence-electron chi connectivity index (χ4n) is 1.97. The van der Waals surface area contributed by atoms with Crippen LogP contribution in [0.4, 0.5) is 0 Å². The number of carbonyl (C=O) groups excluding carboxylic acids is 1. The number of aryl methyl sites for hydroxylation is 1. The summed E-state index contributed by atoms with van der Waals surface area (Å²) >= 11 is 0. The lowest BCUT2D eigenvalue weighted by Crippen LogP contribution is -2.25. The van der Waals surface area contributed by atoms with Gasteiger partial charge in [-0.1, -0.05) is 19.1 Å². The molecule has 0 aliphatic carbocycles. The van der Waals surface area contributed by atoms with E-state index in [2.05, 4.69) is 5.10 Å². The summed E-state index contributed by atoms with van der Waals surface area (Å²) in [6.07, 6.45) is 0.927. The molecule has 0 bridgehead atoms. The molecule has 1 aromatic carbocycles. The molecule has 0 atom stereocenters. The van der Waals surface area contributed by atoms with Crippen molar-refractivity contribution in [3.05, 3.63) is 46.2 Å². The predicted molar refractivity (Wildman–Crippen MR) is 80.7 cm³/mol. The Kier molecular flexibility index (Phi) is 4.52. The molecule has 5 nitrogen and oxygen atoms in total. The molecule has 1 aromatic heterocycles. The third-order valence-electron chi connectivity index (χ3n) is 3.05. The quantitative estimate of drug-likeness (QED) is 0.792. The second kappa shape index (κ2) is 6.35. The highest BCUT2D eigenvalue weighted by atomic mass is 16.5. The number of hydrogen-bond donors (Lipinski definition) is 0. The summed E-state index contributed by atoms with van der Waals surface area (Å²) in [5, 5.41) is 4.20. The number of benzene rings is 1. The summed E-state index contributed by atoms with van der Waals surface area (Å²) in [7, 11) is 1.54. The van der Waals surface area contributed by atoms with Gasteiger partial charge in [-0.05, 0) is 31.5 Å². The second-order valence-corrected chi connectivity index (χ2v) is 4.80. The van der Waals surface area contributed by atoms with E-state index in [0.717, 1.165) is 17.7 Å². The van der Waals surface area contributed by atoms with Crippen LogP contribution in [0.15, 0.2) is 35.1 Å². The first kappa shape index (κ1) is 15.0. The number of ketones is 1. The minimum atomic E-state index is -0.385. The molecule has 0 aliphatic heterocycles. The Labute approximate surface area is 123 Å².